The molecule has 0 aliphatic heterocycles. The molecule has 2 nitrogen and oxygen atoms in total. The van der Waals surface area contributed by atoms with Crippen molar-refractivity contribution in [2.24, 2.45) is 0 Å². The fourth-order valence-corrected chi connectivity index (χ4v) is 1.69. The second-order valence-corrected chi connectivity index (χ2v) is 4.28. The SMILES string of the molecule is C=CC[C@H](O)/C(C)=C\c1csc(C)n1. The molecule has 0 spiro atoms. The van der Waals surface area contributed by atoms with Crippen LogP contribution in [0.2, 0.25) is 0 Å². The second kappa shape index (κ2) is 5.08. The number of rotatable bonds is 4. The van der Waals surface area contributed by atoms with E-state index >= 15 is 0 Å². The van der Waals surface area contributed by atoms with Gasteiger partial charge in [0.2, 0.25) is 0 Å². The summed E-state index contributed by atoms with van der Waals surface area (Å²) in [5.74, 6) is 0. The van der Waals surface area contributed by atoms with Crippen molar-refractivity contribution in [2.45, 2.75) is 26.4 Å². The van der Waals surface area contributed by atoms with Crippen LogP contribution in [0.3, 0.4) is 0 Å². The first-order valence-electron chi connectivity index (χ1n) is 4.52. The summed E-state index contributed by atoms with van der Waals surface area (Å²) in [6, 6.07) is 0. The molecule has 0 bridgehead atoms. The fourth-order valence-electron chi connectivity index (χ4n) is 1.12. The topological polar surface area (TPSA) is 33.1 Å². The van der Waals surface area contributed by atoms with Crippen molar-refractivity contribution in [3.63, 3.8) is 0 Å². The number of hydrogen-bond donors (Lipinski definition) is 1. The zero-order valence-corrected chi connectivity index (χ0v) is 9.34. The van der Waals surface area contributed by atoms with E-state index in [1.165, 1.54) is 0 Å². The lowest BCUT2D eigenvalue weighted by atomic mass is 10.1. The molecular formula is C11H15NOS. The van der Waals surface area contributed by atoms with Crippen LogP contribution in [0.25, 0.3) is 6.08 Å². The van der Waals surface area contributed by atoms with E-state index < -0.39 is 6.10 Å². The molecule has 0 aromatic carbocycles. The van der Waals surface area contributed by atoms with Crippen LogP contribution >= 0.6 is 11.3 Å². The average molecular weight is 209 g/mol. The maximum absolute atomic E-state index is 9.62. The van der Waals surface area contributed by atoms with Crippen LogP contribution in [0.15, 0.2) is 23.6 Å². The van der Waals surface area contributed by atoms with Gasteiger partial charge in [0.05, 0.1) is 16.8 Å². The molecule has 76 valence electrons. The van der Waals surface area contributed by atoms with Crippen molar-refractivity contribution in [1.82, 2.24) is 4.98 Å². The van der Waals surface area contributed by atoms with E-state index in [4.69, 9.17) is 0 Å². The van der Waals surface area contributed by atoms with Crippen LogP contribution in [-0.4, -0.2) is 16.2 Å². The molecule has 0 saturated carbocycles. The summed E-state index contributed by atoms with van der Waals surface area (Å²) in [6.45, 7) is 7.47. The minimum atomic E-state index is -0.436. The minimum Gasteiger partial charge on any atom is -0.388 e. The molecule has 0 unspecified atom stereocenters. The summed E-state index contributed by atoms with van der Waals surface area (Å²) in [4.78, 5) is 4.30. The first-order chi connectivity index (χ1) is 6.63. The van der Waals surface area contributed by atoms with Crippen LogP contribution in [0.4, 0.5) is 0 Å². The Labute approximate surface area is 88.6 Å². The molecule has 0 saturated heterocycles. The highest BCUT2D eigenvalue weighted by atomic mass is 32.1. The summed E-state index contributed by atoms with van der Waals surface area (Å²) in [5.41, 5.74) is 1.85. The number of aromatic nitrogens is 1. The quantitative estimate of drug-likeness (QED) is 0.773. The van der Waals surface area contributed by atoms with Gasteiger partial charge in [-0.2, -0.15) is 0 Å². The molecule has 0 radical (unpaired) electrons. The van der Waals surface area contributed by atoms with Gasteiger partial charge in [-0.1, -0.05) is 6.08 Å². The molecule has 1 N–H and O–H groups in total. The van der Waals surface area contributed by atoms with Crippen molar-refractivity contribution in [1.29, 1.82) is 0 Å². The third-order valence-corrected chi connectivity index (χ3v) is 2.72. The van der Waals surface area contributed by atoms with Crippen molar-refractivity contribution in [3.8, 4) is 0 Å². The predicted molar refractivity (Wildman–Crippen MR) is 61.3 cm³/mol. The number of aryl methyl sites for hydroxylation is 1. The maximum atomic E-state index is 9.62. The average Bonchev–Trinajstić information content (AvgIpc) is 2.51. The van der Waals surface area contributed by atoms with Crippen LogP contribution < -0.4 is 0 Å². The third-order valence-electron chi connectivity index (χ3n) is 1.93. The zero-order valence-electron chi connectivity index (χ0n) is 8.53. The summed E-state index contributed by atoms with van der Waals surface area (Å²) in [5, 5.41) is 12.7. The van der Waals surface area contributed by atoms with E-state index in [0.717, 1.165) is 16.3 Å². The summed E-state index contributed by atoms with van der Waals surface area (Å²) in [7, 11) is 0. The normalized spacial score (nSPS) is 14.1. The van der Waals surface area contributed by atoms with Crippen molar-refractivity contribution in [3.05, 3.63) is 34.3 Å². The van der Waals surface area contributed by atoms with Gasteiger partial charge in [-0.3, -0.25) is 0 Å². The van der Waals surface area contributed by atoms with Gasteiger partial charge in [-0.15, -0.1) is 17.9 Å². The van der Waals surface area contributed by atoms with Crippen LogP contribution in [0.1, 0.15) is 24.0 Å². The molecule has 1 atom stereocenters. The smallest absolute Gasteiger partial charge is 0.0901 e. The third kappa shape index (κ3) is 3.09. The summed E-state index contributed by atoms with van der Waals surface area (Å²) in [6.07, 6.45) is 3.78. The van der Waals surface area contributed by atoms with Gasteiger partial charge in [0.25, 0.3) is 0 Å². The Kier molecular flexibility index (Phi) is 4.04. The zero-order chi connectivity index (χ0) is 10.6. The predicted octanol–water partition coefficient (Wildman–Crippen LogP) is 2.79. The van der Waals surface area contributed by atoms with Gasteiger partial charge in [-0.25, -0.2) is 4.98 Å². The van der Waals surface area contributed by atoms with E-state index in [2.05, 4.69) is 11.6 Å². The first-order valence-corrected chi connectivity index (χ1v) is 5.40. The van der Waals surface area contributed by atoms with Crippen molar-refractivity contribution < 1.29 is 5.11 Å². The summed E-state index contributed by atoms with van der Waals surface area (Å²) < 4.78 is 0. The van der Waals surface area contributed by atoms with Crippen molar-refractivity contribution in [2.75, 3.05) is 0 Å². The van der Waals surface area contributed by atoms with E-state index in [-0.39, 0.29) is 0 Å². The molecular weight excluding hydrogens is 194 g/mol. The second-order valence-electron chi connectivity index (χ2n) is 3.22. The lowest BCUT2D eigenvalue weighted by molar-refractivity contribution is 0.215. The Balaban J connectivity index is 2.72. The number of aliphatic hydroxyl groups excluding tert-OH is 1. The molecule has 1 heterocycles. The number of aliphatic hydroxyl groups is 1. The highest BCUT2D eigenvalue weighted by Gasteiger charge is 2.04. The largest absolute Gasteiger partial charge is 0.388 e. The Morgan fingerprint density at radius 3 is 3.00 bits per heavy atom. The molecule has 14 heavy (non-hydrogen) atoms. The lowest BCUT2D eigenvalue weighted by Gasteiger charge is -2.07. The van der Waals surface area contributed by atoms with Gasteiger partial charge in [0, 0.05) is 5.38 Å². The van der Waals surface area contributed by atoms with Crippen LogP contribution in [-0.2, 0) is 0 Å². The Morgan fingerprint density at radius 2 is 2.50 bits per heavy atom. The van der Waals surface area contributed by atoms with Gasteiger partial charge in [-0.05, 0) is 31.9 Å². The molecule has 1 aromatic heterocycles. The van der Waals surface area contributed by atoms with Gasteiger partial charge < -0.3 is 5.11 Å². The molecule has 1 rings (SSSR count). The number of thiazole rings is 1. The number of nitrogens with zero attached hydrogens (tertiary/aromatic N) is 1. The Bertz CT molecular complexity index is 341. The van der Waals surface area contributed by atoms with Gasteiger partial charge in [0.1, 0.15) is 0 Å². The fraction of sp³-hybridized carbons (Fsp3) is 0.364. The minimum absolute atomic E-state index is 0.436. The maximum Gasteiger partial charge on any atom is 0.0901 e. The lowest BCUT2D eigenvalue weighted by Crippen LogP contribution is -2.05. The van der Waals surface area contributed by atoms with Crippen LogP contribution in [0.5, 0.6) is 0 Å². The van der Waals surface area contributed by atoms with E-state index in [1.807, 2.05) is 25.3 Å². The van der Waals surface area contributed by atoms with Gasteiger partial charge in [0.15, 0.2) is 0 Å². The molecule has 0 amide bonds. The molecule has 1 aromatic rings. The van der Waals surface area contributed by atoms with Gasteiger partial charge >= 0.3 is 0 Å². The van der Waals surface area contributed by atoms with Crippen LogP contribution in [0, 0.1) is 6.92 Å². The van der Waals surface area contributed by atoms with E-state index in [9.17, 15) is 5.11 Å². The Hall–Kier alpha value is -0.930. The number of hydrogen-bond acceptors (Lipinski definition) is 3. The highest BCUT2D eigenvalue weighted by Crippen LogP contribution is 2.14. The molecule has 0 aliphatic rings. The Morgan fingerprint density at radius 1 is 1.79 bits per heavy atom. The van der Waals surface area contributed by atoms with Crippen molar-refractivity contribution >= 4 is 17.4 Å². The monoisotopic (exact) mass is 209 g/mol. The summed E-state index contributed by atoms with van der Waals surface area (Å²) >= 11 is 1.61. The van der Waals surface area contributed by atoms with E-state index in [1.54, 1.807) is 17.4 Å². The molecule has 0 fully saturated rings. The highest BCUT2D eigenvalue weighted by molar-refractivity contribution is 7.09. The molecule has 0 aliphatic carbocycles. The van der Waals surface area contributed by atoms with E-state index in [0.29, 0.717) is 6.42 Å². The standard InChI is InChI=1S/C11H15NOS/c1-4-5-11(13)8(2)6-10-7-14-9(3)12-10/h4,6-7,11,13H,1,5H2,2-3H3/b8-6-/t11-/m0/s1. The molecule has 3 heteroatoms. The first kappa shape index (κ1) is 11.1.